The average molecular weight is 346 g/mol. The van der Waals surface area contributed by atoms with Gasteiger partial charge in [-0.05, 0) is 31.4 Å². The van der Waals surface area contributed by atoms with Crippen molar-refractivity contribution in [2.75, 3.05) is 20.2 Å². The summed E-state index contributed by atoms with van der Waals surface area (Å²) in [5, 5.41) is 2.98. The minimum Gasteiger partial charge on any atom is -0.496 e. The molecule has 0 saturated carbocycles. The Labute approximate surface area is 148 Å². The van der Waals surface area contributed by atoms with Gasteiger partial charge in [0.15, 0.2) is 0 Å². The summed E-state index contributed by atoms with van der Waals surface area (Å²) in [6, 6.07) is 7.88. The molecule has 1 amide bonds. The van der Waals surface area contributed by atoms with Crippen molar-refractivity contribution in [2.24, 2.45) is 0 Å². The standard InChI is InChI=1S/C19H26N2O2S/c1-4-12-21(13-5-2)18(22)11-10-15-14-24-19(20-15)16-8-6-7-9-17(16)23-3/h6-9,14H,4-5,10-13H2,1-3H3. The highest BCUT2D eigenvalue weighted by Gasteiger charge is 2.14. The number of para-hydroxylation sites is 1. The fraction of sp³-hybridized carbons (Fsp3) is 0.474. The summed E-state index contributed by atoms with van der Waals surface area (Å²) in [5.74, 6) is 1.05. The van der Waals surface area contributed by atoms with E-state index in [1.54, 1.807) is 18.4 Å². The van der Waals surface area contributed by atoms with Gasteiger partial charge in [-0.3, -0.25) is 4.79 Å². The number of thiazole rings is 1. The van der Waals surface area contributed by atoms with Crippen molar-refractivity contribution < 1.29 is 9.53 Å². The molecule has 0 N–H and O–H groups in total. The molecule has 4 nitrogen and oxygen atoms in total. The molecule has 0 aliphatic rings. The van der Waals surface area contributed by atoms with Crippen molar-refractivity contribution in [3.8, 4) is 16.3 Å². The molecule has 130 valence electrons. The molecule has 24 heavy (non-hydrogen) atoms. The van der Waals surface area contributed by atoms with Gasteiger partial charge < -0.3 is 9.64 Å². The number of carbonyl (C=O) groups excluding carboxylic acids is 1. The van der Waals surface area contributed by atoms with Crippen LogP contribution in [0.15, 0.2) is 29.6 Å². The summed E-state index contributed by atoms with van der Waals surface area (Å²) in [6.45, 7) is 5.90. The quantitative estimate of drug-likeness (QED) is 0.676. The van der Waals surface area contributed by atoms with E-state index in [1.807, 2.05) is 34.5 Å². The van der Waals surface area contributed by atoms with E-state index in [-0.39, 0.29) is 5.91 Å². The van der Waals surface area contributed by atoms with E-state index in [9.17, 15) is 4.79 Å². The molecule has 5 heteroatoms. The van der Waals surface area contributed by atoms with Crippen molar-refractivity contribution in [1.82, 2.24) is 9.88 Å². The van der Waals surface area contributed by atoms with Gasteiger partial charge in [0.1, 0.15) is 10.8 Å². The fourth-order valence-corrected chi connectivity index (χ4v) is 3.54. The summed E-state index contributed by atoms with van der Waals surface area (Å²) in [6.07, 6.45) is 3.21. The Kier molecular flexibility index (Phi) is 7.25. The molecule has 0 aliphatic heterocycles. The number of nitrogens with zero attached hydrogens (tertiary/aromatic N) is 2. The zero-order valence-electron chi connectivity index (χ0n) is 14.7. The van der Waals surface area contributed by atoms with Crippen molar-refractivity contribution >= 4 is 17.2 Å². The maximum Gasteiger partial charge on any atom is 0.222 e. The number of amides is 1. The zero-order chi connectivity index (χ0) is 17.4. The van der Waals surface area contributed by atoms with Gasteiger partial charge in [-0.25, -0.2) is 4.98 Å². The lowest BCUT2D eigenvalue weighted by molar-refractivity contribution is -0.131. The predicted molar refractivity (Wildman–Crippen MR) is 99.6 cm³/mol. The molecule has 1 aromatic carbocycles. The highest BCUT2D eigenvalue weighted by atomic mass is 32.1. The Morgan fingerprint density at radius 3 is 2.58 bits per heavy atom. The van der Waals surface area contributed by atoms with Crippen LogP contribution < -0.4 is 4.74 Å². The van der Waals surface area contributed by atoms with Gasteiger partial charge in [0.2, 0.25) is 5.91 Å². The van der Waals surface area contributed by atoms with E-state index in [1.165, 1.54) is 0 Å². The number of hydrogen-bond donors (Lipinski definition) is 0. The molecule has 0 saturated heterocycles. The van der Waals surface area contributed by atoms with Crippen LogP contribution in [0, 0.1) is 0 Å². The van der Waals surface area contributed by atoms with Crippen LogP contribution in [0.4, 0.5) is 0 Å². The topological polar surface area (TPSA) is 42.4 Å². The van der Waals surface area contributed by atoms with E-state index in [4.69, 9.17) is 4.74 Å². The Morgan fingerprint density at radius 1 is 1.21 bits per heavy atom. The van der Waals surface area contributed by atoms with Crippen LogP contribution in [0.5, 0.6) is 5.75 Å². The third-order valence-corrected chi connectivity index (χ3v) is 4.75. The van der Waals surface area contributed by atoms with Crippen LogP contribution in [-0.2, 0) is 11.2 Å². The maximum atomic E-state index is 12.4. The lowest BCUT2D eigenvalue weighted by Crippen LogP contribution is -2.32. The van der Waals surface area contributed by atoms with Crippen LogP contribution in [0.3, 0.4) is 0 Å². The molecule has 0 unspecified atom stereocenters. The number of benzene rings is 1. The molecule has 2 aromatic rings. The van der Waals surface area contributed by atoms with Gasteiger partial charge in [-0.15, -0.1) is 11.3 Å². The van der Waals surface area contributed by atoms with Crippen LogP contribution in [0.25, 0.3) is 10.6 Å². The second-order valence-corrected chi connectivity index (χ2v) is 6.58. The molecule has 0 aliphatic carbocycles. The number of ether oxygens (including phenoxy) is 1. The highest BCUT2D eigenvalue weighted by molar-refractivity contribution is 7.13. The molecular formula is C19H26N2O2S. The van der Waals surface area contributed by atoms with E-state index in [0.717, 1.165) is 47.9 Å². The predicted octanol–water partition coefficient (Wildman–Crippen LogP) is 4.40. The molecule has 1 aromatic heterocycles. The number of aromatic nitrogens is 1. The van der Waals surface area contributed by atoms with Crippen LogP contribution in [0.1, 0.15) is 38.8 Å². The first-order valence-electron chi connectivity index (χ1n) is 8.55. The van der Waals surface area contributed by atoms with Gasteiger partial charge in [0.05, 0.1) is 18.4 Å². The highest BCUT2D eigenvalue weighted by Crippen LogP contribution is 2.32. The second-order valence-electron chi connectivity index (χ2n) is 5.73. The van der Waals surface area contributed by atoms with Crippen molar-refractivity contribution in [3.63, 3.8) is 0 Å². The zero-order valence-corrected chi connectivity index (χ0v) is 15.6. The number of carbonyl (C=O) groups is 1. The fourth-order valence-electron chi connectivity index (χ4n) is 2.66. The normalized spacial score (nSPS) is 10.6. The lowest BCUT2D eigenvalue weighted by Gasteiger charge is -2.21. The molecule has 0 atom stereocenters. The van der Waals surface area contributed by atoms with Crippen LogP contribution >= 0.6 is 11.3 Å². The first-order chi connectivity index (χ1) is 11.7. The van der Waals surface area contributed by atoms with Gasteiger partial charge in [0, 0.05) is 24.9 Å². The molecule has 0 radical (unpaired) electrons. The minimum absolute atomic E-state index is 0.227. The summed E-state index contributed by atoms with van der Waals surface area (Å²) < 4.78 is 5.40. The Hall–Kier alpha value is -1.88. The number of rotatable bonds is 9. The van der Waals surface area contributed by atoms with Gasteiger partial charge in [-0.1, -0.05) is 26.0 Å². The van der Waals surface area contributed by atoms with Crippen molar-refractivity contribution in [3.05, 3.63) is 35.3 Å². The molecule has 2 rings (SSSR count). The van der Waals surface area contributed by atoms with Crippen LogP contribution in [-0.4, -0.2) is 36.0 Å². The molecule has 0 spiro atoms. The number of hydrogen-bond acceptors (Lipinski definition) is 4. The monoisotopic (exact) mass is 346 g/mol. The maximum absolute atomic E-state index is 12.4. The summed E-state index contributed by atoms with van der Waals surface area (Å²) >= 11 is 1.60. The SMILES string of the molecule is CCCN(CCC)C(=O)CCc1csc(-c2ccccc2OC)n1. The minimum atomic E-state index is 0.227. The lowest BCUT2D eigenvalue weighted by atomic mass is 10.2. The number of methoxy groups -OCH3 is 1. The third-order valence-electron chi connectivity index (χ3n) is 3.82. The summed E-state index contributed by atoms with van der Waals surface area (Å²) in [7, 11) is 1.67. The van der Waals surface area contributed by atoms with Crippen molar-refractivity contribution in [2.45, 2.75) is 39.5 Å². The smallest absolute Gasteiger partial charge is 0.222 e. The number of aryl methyl sites for hydroxylation is 1. The van der Waals surface area contributed by atoms with Gasteiger partial charge in [-0.2, -0.15) is 0 Å². The van der Waals surface area contributed by atoms with Gasteiger partial charge in [0.25, 0.3) is 0 Å². The van der Waals surface area contributed by atoms with E-state index in [0.29, 0.717) is 12.8 Å². The van der Waals surface area contributed by atoms with E-state index in [2.05, 4.69) is 18.8 Å². The largest absolute Gasteiger partial charge is 0.496 e. The third kappa shape index (κ3) is 4.81. The summed E-state index contributed by atoms with van der Waals surface area (Å²) in [4.78, 5) is 19.0. The average Bonchev–Trinajstić information content (AvgIpc) is 3.08. The molecular weight excluding hydrogens is 320 g/mol. The van der Waals surface area contributed by atoms with Gasteiger partial charge >= 0.3 is 0 Å². The first kappa shape index (κ1) is 18.5. The van der Waals surface area contributed by atoms with Crippen molar-refractivity contribution in [1.29, 1.82) is 0 Å². The first-order valence-corrected chi connectivity index (χ1v) is 9.43. The van der Waals surface area contributed by atoms with Crippen LogP contribution in [0.2, 0.25) is 0 Å². The Morgan fingerprint density at radius 2 is 1.92 bits per heavy atom. The molecule has 0 bridgehead atoms. The molecule has 0 fully saturated rings. The Bertz CT molecular complexity index is 648. The molecule has 1 heterocycles. The van der Waals surface area contributed by atoms with E-state index >= 15 is 0 Å². The Balaban J connectivity index is 2.00. The summed E-state index contributed by atoms with van der Waals surface area (Å²) in [5.41, 5.74) is 1.98. The van der Waals surface area contributed by atoms with E-state index < -0.39 is 0 Å². The second kappa shape index (κ2) is 9.42.